The monoisotopic (exact) mass is 682 g/mol. The summed E-state index contributed by atoms with van der Waals surface area (Å²) in [5.74, 6) is -1.14. The molecule has 1 atom stereocenters. The van der Waals surface area contributed by atoms with Crippen molar-refractivity contribution in [1.82, 2.24) is 10.2 Å². The molecule has 0 aliphatic carbocycles. The van der Waals surface area contributed by atoms with Gasteiger partial charge in [-0.25, -0.2) is 8.42 Å². The zero-order chi connectivity index (χ0) is 33.4. The average Bonchev–Trinajstić information content (AvgIpc) is 3.03. The van der Waals surface area contributed by atoms with Crippen LogP contribution in [0.3, 0.4) is 0 Å². The van der Waals surface area contributed by atoms with Gasteiger partial charge < -0.3 is 10.2 Å². The van der Waals surface area contributed by atoms with Gasteiger partial charge >= 0.3 is 0 Å². The smallest absolute Gasteiger partial charge is 0.269 e. The molecule has 1 N–H and O–H groups in total. The molecule has 0 fully saturated rings. The molecule has 0 saturated heterocycles. The Hall–Kier alpha value is -4.45. The predicted octanol–water partition coefficient (Wildman–Crippen LogP) is 6.26. The molecule has 4 aromatic rings. The van der Waals surface area contributed by atoms with E-state index in [1.807, 2.05) is 30.3 Å². The van der Waals surface area contributed by atoms with Crippen molar-refractivity contribution in [3.63, 3.8) is 0 Å². The van der Waals surface area contributed by atoms with Crippen molar-refractivity contribution in [3.8, 4) is 0 Å². The molecule has 2 amide bonds. The number of sulfonamides is 1. The minimum atomic E-state index is -4.35. The van der Waals surface area contributed by atoms with Gasteiger partial charge in [0.25, 0.3) is 15.7 Å². The first kappa shape index (κ1) is 34.4. The highest BCUT2D eigenvalue weighted by Gasteiger charge is 2.35. The van der Waals surface area contributed by atoms with Gasteiger partial charge in [0.05, 0.1) is 15.5 Å². The Kier molecular flexibility index (Phi) is 11.4. The molecular weight excluding hydrogens is 651 g/mol. The number of non-ortho nitro benzene ring substituents is 1. The number of carbonyl (C=O) groups is 2. The van der Waals surface area contributed by atoms with Crippen molar-refractivity contribution in [1.29, 1.82) is 0 Å². The highest BCUT2D eigenvalue weighted by Crippen LogP contribution is 2.28. The van der Waals surface area contributed by atoms with Crippen molar-refractivity contribution in [2.24, 2.45) is 0 Å². The van der Waals surface area contributed by atoms with E-state index in [1.54, 1.807) is 44.2 Å². The van der Waals surface area contributed by atoms with Crippen LogP contribution >= 0.6 is 23.2 Å². The average molecular weight is 684 g/mol. The number of nitrogens with zero attached hydrogens (tertiary/aromatic N) is 3. The predicted molar refractivity (Wildman–Crippen MR) is 178 cm³/mol. The number of anilines is 1. The summed E-state index contributed by atoms with van der Waals surface area (Å²) in [6, 6.07) is 24.9. The fraction of sp³-hybridized carbons (Fsp3) is 0.212. The standard InChI is InChI=1S/C33H32Cl2N4O6S/c1-23(2)36-33(41)31(19-24-9-5-3-6-10-24)37(21-25-13-14-26(34)20-30(25)35)32(40)22-38(27-15-17-28(18-16-27)39(42)43)46(44,45)29-11-7-4-8-12-29/h3-18,20,23,31H,19,21-22H2,1-2H3,(H,36,41). The number of carbonyl (C=O) groups excluding carboxylic acids is 2. The van der Waals surface area contributed by atoms with Gasteiger partial charge in [0.15, 0.2) is 0 Å². The van der Waals surface area contributed by atoms with Gasteiger partial charge in [-0.05, 0) is 61.4 Å². The number of hydrogen-bond donors (Lipinski definition) is 1. The number of amides is 2. The van der Waals surface area contributed by atoms with E-state index in [2.05, 4.69) is 5.32 Å². The lowest BCUT2D eigenvalue weighted by molar-refractivity contribution is -0.384. The van der Waals surface area contributed by atoms with Gasteiger partial charge in [0.2, 0.25) is 11.8 Å². The van der Waals surface area contributed by atoms with Crippen molar-refractivity contribution in [2.45, 2.75) is 43.8 Å². The Bertz CT molecular complexity index is 1790. The minimum Gasteiger partial charge on any atom is -0.352 e. The maximum absolute atomic E-state index is 14.4. The number of nitrogens with one attached hydrogen (secondary N) is 1. The number of rotatable bonds is 13. The topological polar surface area (TPSA) is 130 Å². The van der Waals surface area contributed by atoms with Gasteiger partial charge in [-0.3, -0.25) is 24.0 Å². The third-order valence-corrected chi connectivity index (χ3v) is 9.39. The van der Waals surface area contributed by atoms with Crippen LogP contribution in [0.5, 0.6) is 0 Å². The Labute approximate surface area is 277 Å². The molecule has 4 rings (SSSR count). The minimum absolute atomic E-state index is 0.0264. The largest absolute Gasteiger partial charge is 0.352 e. The van der Waals surface area contributed by atoms with E-state index in [-0.39, 0.29) is 40.3 Å². The fourth-order valence-electron chi connectivity index (χ4n) is 4.76. The summed E-state index contributed by atoms with van der Waals surface area (Å²) in [7, 11) is -4.35. The number of benzene rings is 4. The Balaban J connectivity index is 1.83. The first-order valence-corrected chi connectivity index (χ1v) is 16.5. The van der Waals surface area contributed by atoms with Gasteiger partial charge in [0, 0.05) is 41.2 Å². The van der Waals surface area contributed by atoms with Gasteiger partial charge in [-0.15, -0.1) is 0 Å². The lowest BCUT2D eigenvalue weighted by Gasteiger charge is -2.34. The summed E-state index contributed by atoms with van der Waals surface area (Å²) in [5, 5.41) is 14.8. The van der Waals surface area contributed by atoms with Crippen LogP contribution in [-0.4, -0.2) is 48.7 Å². The number of nitro groups is 1. The highest BCUT2D eigenvalue weighted by atomic mass is 35.5. The van der Waals surface area contributed by atoms with E-state index in [9.17, 15) is 28.1 Å². The third kappa shape index (κ3) is 8.63. The Morgan fingerprint density at radius 3 is 2.07 bits per heavy atom. The quantitative estimate of drug-likeness (QED) is 0.131. The lowest BCUT2D eigenvalue weighted by atomic mass is 10.0. The third-order valence-electron chi connectivity index (χ3n) is 7.02. The van der Waals surface area contributed by atoms with E-state index in [0.717, 1.165) is 22.0 Å². The first-order chi connectivity index (χ1) is 21.9. The second kappa shape index (κ2) is 15.2. The summed E-state index contributed by atoms with van der Waals surface area (Å²) in [6.07, 6.45) is 0.124. The van der Waals surface area contributed by atoms with E-state index >= 15 is 0 Å². The Morgan fingerprint density at radius 1 is 0.891 bits per heavy atom. The van der Waals surface area contributed by atoms with Crippen molar-refractivity contribution < 1.29 is 22.9 Å². The van der Waals surface area contributed by atoms with Crippen molar-refractivity contribution in [2.75, 3.05) is 10.8 Å². The summed E-state index contributed by atoms with van der Waals surface area (Å²) < 4.78 is 28.9. The zero-order valence-corrected chi connectivity index (χ0v) is 27.4. The van der Waals surface area contributed by atoms with Crippen molar-refractivity contribution >= 4 is 56.4 Å². The molecule has 10 nitrogen and oxygen atoms in total. The molecule has 0 aliphatic heterocycles. The molecule has 0 spiro atoms. The number of hydrogen-bond acceptors (Lipinski definition) is 6. The molecule has 0 aromatic heterocycles. The van der Waals surface area contributed by atoms with E-state index in [1.165, 1.54) is 35.2 Å². The van der Waals surface area contributed by atoms with Crippen molar-refractivity contribution in [3.05, 3.63) is 134 Å². The molecule has 240 valence electrons. The van der Waals surface area contributed by atoms with Crippen LogP contribution in [0.2, 0.25) is 10.0 Å². The second-order valence-corrected chi connectivity index (χ2v) is 13.4. The summed E-state index contributed by atoms with van der Waals surface area (Å²) in [4.78, 5) is 40.1. The van der Waals surface area contributed by atoms with Crippen LogP contribution < -0.4 is 9.62 Å². The molecule has 1 unspecified atom stereocenters. The molecule has 0 bridgehead atoms. The molecule has 0 aliphatic rings. The van der Waals surface area contributed by atoms with Gasteiger partial charge in [-0.1, -0.05) is 77.8 Å². The maximum atomic E-state index is 14.4. The molecule has 46 heavy (non-hydrogen) atoms. The van der Waals surface area contributed by atoms with Crippen LogP contribution in [0.4, 0.5) is 11.4 Å². The summed E-state index contributed by atoms with van der Waals surface area (Å²) in [5.41, 5.74) is 1.04. The van der Waals surface area contributed by atoms with Crippen LogP contribution in [0.15, 0.2) is 108 Å². The van der Waals surface area contributed by atoms with Crippen LogP contribution in [0, 0.1) is 10.1 Å². The highest BCUT2D eigenvalue weighted by molar-refractivity contribution is 7.92. The van der Waals surface area contributed by atoms with Crippen LogP contribution in [-0.2, 0) is 32.6 Å². The van der Waals surface area contributed by atoms with Gasteiger partial charge in [0.1, 0.15) is 12.6 Å². The Morgan fingerprint density at radius 2 is 1.50 bits per heavy atom. The van der Waals surface area contributed by atoms with Crippen LogP contribution in [0.1, 0.15) is 25.0 Å². The van der Waals surface area contributed by atoms with Crippen LogP contribution in [0.25, 0.3) is 0 Å². The number of nitro benzene ring substituents is 1. The molecule has 0 saturated carbocycles. The first-order valence-electron chi connectivity index (χ1n) is 14.3. The lowest BCUT2D eigenvalue weighted by Crippen LogP contribution is -2.54. The molecular formula is C33H32Cl2N4O6S. The molecule has 4 aromatic carbocycles. The maximum Gasteiger partial charge on any atom is 0.269 e. The molecule has 13 heteroatoms. The van der Waals surface area contributed by atoms with Gasteiger partial charge in [-0.2, -0.15) is 0 Å². The van der Waals surface area contributed by atoms with E-state index in [0.29, 0.717) is 10.6 Å². The second-order valence-electron chi connectivity index (χ2n) is 10.7. The molecule has 0 radical (unpaired) electrons. The molecule has 0 heterocycles. The SMILES string of the molecule is CC(C)NC(=O)C(Cc1ccccc1)N(Cc1ccc(Cl)cc1Cl)C(=O)CN(c1ccc([N+](=O)[O-])cc1)S(=O)(=O)c1ccccc1. The zero-order valence-electron chi connectivity index (χ0n) is 25.0. The summed E-state index contributed by atoms with van der Waals surface area (Å²) >= 11 is 12.6. The number of halogens is 2. The fourth-order valence-corrected chi connectivity index (χ4v) is 6.66. The van der Waals surface area contributed by atoms with E-state index in [4.69, 9.17) is 23.2 Å². The summed E-state index contributed by atoms with van der Waals surface area (Å²) in [6.45, 7) is 2.72. The van der Waals surface area contributed by atoms with E-state index < -0.39 is 39.3 Å². The normalized spacial score (nSPS) is 11.9.